The number of carbonyl (C=O) groups excluding carboxylic acids is 1. The van der Waals surface area contributed by atoms with Gasteiger partial charge in [-0.05, 0) is 24.9 Å². The van der Waals surface area contributed by atoms with Crippen LogP contribution in [0.2, 0.25) is 0 Å². The summed E-state index contributed by atoms with van der Waals surface area (Å²) in [7, 11) is 0. The Labute approximate surface area is 140 Å². The van der Waals surface area contributed by atoms with Gasteiger partial charge < -0.3 is 5.32 Å². The topological polar surface area (TPSA) is 93.9 Å². The van der Waals surface area contributed by atoms with Crippen molar-refractivity contribution in [3.05, 3.63) is 52.2 Å². The van der Waals surface area contributed by atoms with Gasteiger partial charge in [0.15, 0.2) is 0 Å². The van der Waals surface area contributed by atoms with Crippen molar-refractivity contribution >= 4 is 5.91 Å². The van der Waals surface area contributed by atoms with Crippen LogP contribution in [-0.4, -0.2) is 45.1 Å². The van der Waals surface area contributed by atoms with Crippen LogP contribution < -0.4 is 11.0 Å². The molecule has 1 unspecified atom stereocenters. The first-order valence-corrected chi connectivity index (χ1v) is 8.42. The summed E-state index contributed by atoms with van der Waals surface area (Å²) in [6, 6.07) is 10.4. The van der Waals surface area contributed by atoms with E-state index >= 15 is 0 Å². The number of likely N-dealkylation sites (tertiary alicyclic amines) is 1. The Balaban J connectivity index is 1.62. The number of hydrogen-bond donors (Lipinski definition) is 3. The summed E-state index contributed by atoms with van der Waals surface area (Å²) in [4.78, 5) is 28.1. The lowest BCUT2D eigenvalue weighted by atomic mass is 10.0. The van der Waals surface area contributed by atoms with Gasteiger partial charge >= 0.3 is 5.69 Å². The van der Waals surface area contributed by atoms with E-state index in [1.165, 1.54) is 12.0 Å². The van der Waals surface area contributed by atoms with Crippen molar-refractivity contribution in [1.82, 2.24) is 25.4 Å². The molecular weight excluding hydrogens is 306 g/mol. The first-order chi connectivity index (χ1) is 11.7. The average Bonchev–Trinajstić information content (AvgIpc) is 2.99. The lowest BCUT2D eigenvalue weighted by molar-refractivity contribution is 0.0904. The van der Waals surface area contributed by atoms with Gasteiger partial charge in [0.2, 0.25) is 5.82 Å². The number of aromatic amines is 2. The highest BCUT2D eigenvalue weighted by Gasteiger charge is 2.20. The van der Waals surface area contributed by atoms with Gasteiger partial charge in [0.05, 0.1) is 0 Å². The first-order valence-electron chi connectivity index (χ1n) is 8.42. The molecule has 128 valence electrons. The van der Waals surface area contributed by atoms with Gasteiger partial charge in [-0.1, -0.05) is 43.2 Å². The molecule has 0 spiro atoms. The summed E-state index contributed by atoms with van der Waals surface area (Å²) in [6.07, 6.45) is 4.38. The molecule has 1 amide bonds. The van der Waals surface area contributed by atoms with Gasteiger partial charge in [-0.25, -0.2) is 9.89 Å². The highest BCUT2D eigenvalue weighted by atomic mass is 16.2. The molecule has 0 bridgehead atoms. The zero-order chi connectivity index (χ0) is 16.8. The maximum atomic E-state index is 12.2. The molecule has 1 aliphatic heterocycles. The number of benzene rings is 1. The molecule has 3 N–H and O–H groups in total. The van der Waals surface area contributed by atoms with E-state index in [2.05, 4.69) is 37.5 Å². The SMILES string of the molecule is O=C(NC1CCCCCN(Cc2ccccc2)C1)c1n[nH]c(=O)[nH]1. The summed E-state index contributed by atoms with van der Waals surface area (Å²) in [5.41, 5.74) is 0.809. The van der Waals surface area contributed by atoms with Crippen LogP contribution >= 0.6 is 0 Å². The predicted octanol–water partition coefficient (Wildman–Crippen LogP) is 1.27. The summed E-state index contributed by atoms with van der Waals surface area (Å²) < 4.78 is 0. The van der Waals surface area contributed by atoms with E-state index in [9.17, 15) is 9.59 Å². The van der Waals surface area contributed by atoms with Gasteiger partial charge in [0.1, 0.15) is 0 Å². The number of rotatable bonds is 4. The second kappa shape index (κ2) is 7.92. The van der Waals surface area contributed by atoms with Gasteiger partial charge in [-0.3, -0.25) is 14.7 Å². The van der Waals surface area contributed by atoms with Crippen molar-refractivity contribution in [3.63, 3.8) is 0 Å². The molecule has 0 radical (unpaired) electrons. The summed E-state index contributed by atoms with van der Waals surface area (Å²) >= 11 is 0. The molecule has 1 saturated heterocycles. The quantitative estimate of drug-likeness (QED) is 0.787. The van der Waals surface area contributed by atoms with Crippen LogP contribution in [0, 0.1) is 0 Å². The molecule has 24 heavy (non-hydrogen) atoms. The van der Waals surface area contributed by atoms with Gasteiger partial charge in [0.25, 0.3) is 5.91 Å². The fourth-order valence-corrected chi connectivity index (χ4v) is 3.13. The first kappa shape index (κ1) is 16.4. The van der Waals surface area contributed by atoms with E-state index in [-0.39, 0.29) is 17.8 Å². The minimum Gasteiger partial charge on any atom is -0.345 e. The fraction of sp³-hybridized carbons (Fsp3) is 0.471. The van der Waals surface area contributed by atoms with Crippen LogP contribution in [-0.2, 0) is 6.54 Å². The Kier molecular flexibility index (Phi) is 5.43. The largest absolute Gasteiger partial charge is 0.345 e. The summed E-state index contributed by atoms with van der Waals surface area (Å²) in [5, 5.41) is 8.91. The number of amides is 1. The Bertz CT molecular complexity index is 709. The molecular formula is C17H23N5O2. The van der Waals surface area contributed by atoms with Gasteiger partial charge in [0, 0.05) is 19.1 Å². The Morgan fingerprint density at radius 1 is 1.25 bits per heavy atom. The number of nitrogens with one attached hydrogen (secondary N) is 3. The summed E-state index contributed by atoms with van der Waals surface area (Å²) in [6.45, 7) is 2.71. The number of hydrogen-bond acceptors (Lipinski definition) is 4. The van der Waals surface area contributed by atoms with Crippen molar-refractivity contribution in [3.8, 4) is 0 Å². The Morgan fingerprint density at radius 2 is 2.08 bits per heavy atom. The molecule has 1 aliphatic rings. The highest BCUT2D eigenvalue weighted by molar-refractivity contribution is 5.90. The van der Waals surface area contributed by atoms with Crippen LogP contribution in [0.4, 0.5) is 0 Å². The number of carbonyl (C=O) groups is 1. The van der Waals surface area contributed by atoms with E-state index in [1.807, 2.05) is 18.2 Å². The number of aromatic nitrogens is 3. The molecule has 7 heteroatoms. The van der Waals surface area contributed by atoms with E-state index in [4.69, 9.17) is 0 Å². The van der Waals surface area contributed by atoms with Crippen molar-refractivity contribution < 1.29 is 4.79 Å². The van der Waals surface area contributed by atoms with E-state index < -0.39 is 5.69 Å². The van der Waals surface area contributed by atoms with Crippen molar-refractivity contribution in [1.29, 1.82) is 0 Å². The van der Waals surface area contributed by atoms with Crippen molar-refractivity contribution in [2.24, 2.45) is 0 Å². The molecule has 3 rings (SSSR count). The van der Waals surface area contributed by atoms with Gasteiger partial charge in [-0.2, -0.15) is 0 Å². The lowest BCUT2D eigenvalue weighted by Gasteiger charge is -2.30. The second-order valence-corrected chi connectivity index (χ2v) is 6.27. The van der Waals surface area contributed by atoms with Crippen LogP contribution in [0.25, 0.3) is 0 Å². The number of nitrogens with zero attached hydrogens (tertiary/aromatic N) is 2. The van der Waals surface area contributed by atoms with Crippen LogP contribution in [0.5, 0.6) is 0 Å². The smallest absolute Gasteiger partial charge is 0.341 e. The third-order valence-corrected chi connectivity index (χ3v) is 4.31. The third kappa shape index (κ3) is 4.55. The van der Waals surface area contributed by atoms with Crippen molar-refractivity contribution in [2.75, 3.05) is 13.1 Å². The minimum absolute atomic E-state index is 0.0386. The maximum absolute atomic E-state index is 12.2. The van der Waals surface area contributed by atoms with E-state index in [0.717, 1.165) is 38.9 Å². The molecule has 7 nitrogen and oxygen atoms in total. The average molecular weight is 329 g/mol. The summed E-state index contributed by atoms with van der Waals surface area (Å²) in [5.74, 6) is -0.296. The second-order valence-electron chi connectivity index (χ2n) is 6.27. The molecule has 1 aromatic carbocycles. The minimum atomic E-state index is -0.469. The fourth-order valence-electron chi connectivity index (χ4n) is 3.13. The lowest BCUT2D eigenvalue weighted by Crippen LogP contribution is -2.45. The molecule has 1 atom stereocenters. The highest BCUT2D eigenvalue weighted by Crippen LogP contribution is 2.14. The van der Waals surface area contributed by atoms with Crippen molar-refractivity contribution in [2.45, 2.75) is 38.3 Å². The zero-order valence-corrected chi connectivity index (χ0v) is 13.6. The Morgan fingerprint density at radius 3 is 2.83 bits per heavy atom. The van der Waals surface area contributed by atoms with Crippen LogP contribution in [0.15, 0.2) is 35.1 Å². The van der Waals surface area contributed by atoms with E-state index in [1.54, 1.807) is 0 Å². The molecule has 2 heterocycles. The molecule has 0 aliphatic carbocycles. The van der Waals surface area contributed by atoms with Crippen LogP contribution in [0.3, 0.4) is 0 Å². The Hall–Kier alpha value is -2.41. The zero-order valence-electron chi connectivity index (χ0n) is 13.6. The standard InChI is InChI=1S/C17H23N5O2/c23-16(15-19-17(24)21-20-15)18-14-9-5-2-6-10-22(12-14)11-13-7-3-1-4-8-13/h1,3-4,7-8,14H,2,5-6,9-12H2,(H,18,23)(H2,19,20,21,24). The predicted molar refractivity (Wildman–Crippen MR) is 90.6 cm³/mol. The van der Waals surface area contributed by atoms with Gasteiger partial charge in [-0.15, -0.1) is 5.10 Å². The monoisotopic (exact) mass is 329 g/mol. The third-order valence-electron chi connectivity index (χ3n) is 4.31. The van der Waals surface area contributed by atoms with Crippen LogP contribution in [0.1, 0.15) is 41.9 Å². The maximum Gasteiger partial charge on any atom is 0.341 e. The molecule has 1 aromatic heterocycles. The van der Waals surface area contributed by atoms with E-state index in [0.29, 0.717) is 0 Å². The molecule has 2 aromatic rings. The molecule has 1 fully saturated rings. The normalized spacial score (nSPS) is 19.4. The number of H-pyrrole nitrogens is 2. The molecule has 0 saturated carbocycles.